The van der Waals surface area contributed by atoms with Gasteiger partial charge in [0.05, 0.1) is 17.1 Å². The van der Waals surface area contributed by atoms with Gasteiger partial charge in [-0.1, -0.05) is 60.7 Å². The van der Waals surface area contributed by atoms with Crippen molar-refractivity contribution in [2.75, 3.05) is 13.2 Å². The molecule has 1 unspecified atom stereocenters. The van der Waals surface area contributed by atoms with E-state index in [1.54, 1.807) is 0 Å². The van der Waals surface area contributed by atoms with Crippen molar-refractivity contribution in [2.24, 2.45) is 0 Å². The molecule has 0 saturated carbocycles. The van der Waals surface area contributed by atoms with E-state index < -0.39 is 0 Å². The molecule has 4 rings (SSSR count). The van der Waals surface area contributed by atoms with Crippen molar-refractivity contribution in [1.29, 1.82) is 0 Å². The number of aromatic nitrogens is 2. The van der Waals surface area contributed by atoms with Gasteiger partial charge in [-0.15, -0.1) is 0 Å². The SMILES string of the molecule is CC(c1ccccc1)n1c(CCNC(=O)COc2ccccc2)nc2ccccc21. The first-order chi connectivity index (χ1) is 14.7. The summed E-state index contributed by atoms with van der Waals surface area (Å²) in [5.41, 5.74) is 3.29. The van der Waals surface area contributed by atoms with Gasteiger partial charge < -0.3 is 14.6 Å². The maximum absolute atomic E-state index is 12.2. The van der Waals surface area contributed by atoms with E-state index in [9.17, 15) is 4.79 Å². The average Bonchev–Trinajstić information content (AvgIpc) is 3.16. The van der Waals surface area contributed by atoms with Gasteiger partial charge in [0.25, 0.3) is 5.91 Å². The molecule has 0 spiro atoms. The molecular formula is C25H25N3O2. The highest BCUT2D eigenvalue weighted by atomic mass is 16.5. The smallest absolute Gasteiger partial charge is 0.257 e. The largest absolute Gasteiger partial charge is 0.484 e. The molecule has 0 aliphatic heterocycles. The minimum Gasteiger partial charge on any atom is -0.484 e. The number of benzene rings is 3. The van der Waals surface area contributed by atoms with Crippen molar-refractivity contribution in [3.8, 4) is 5.75 Å². The van der Waals surface area contributed by atoms with Crippen LogP contribution in [0.3, 0.4) is 0 Å². The second kappa shape index (κ2) is 9.27. The van der Waals surface area contributed by atoms with Crippen LogP contribution in [0.2, 0.25) is 0 Å². The minimum absolute atomic E-state index is 0.000841. The quantitative estimate of drug-likeness (QED) is 0.478. The molecule has 1 atom stereocenters. The molecule has 0 fully saturated rings. The number of para-hydroxylation sites is 3. The number of hydrogen-bond donors (Lipinski definition) is 1. The van der Waals surface area contributed by atoms with Gasteiger partial charge in [-0.25, -0.2) is 4.98 Å². The molecule has 0 aliphatic rings. The summed E-state index contributed by atoms with van der Waals surface area (Å²) in [5, 5.41) is 2.93. The van der Waals surface area contributed by atoms with Crippen molar-refractivity contribution < 1.29 is 9.53 Å². The van der Waals surface area contributed by atoms with Crippen LogP contribution < -0.4 is 10.1 Å². The zero-order chi connectivity index (χ0) is 20.8. The molecule has 3 aromatic carbocycles. The van der Waals surface area contributed by atoms with Crippen LogP contribution in [0.1, 0.15) is 24.4 Å². The van der Waals surface area contributed by atoms with Gasteiger partial charge in [0.1, 0.15) is 11.6 Å². The number of ether oxygens (including phenoxy) is 1. The third kappa shape index (κ3) is 4.51. The Kier molecular flexibility index (Phi) is 6.09. The Morgan fingerprint density at radius 1 is 0.967 bits per heavy atom. The number of nitrogens with zero attached hydrogens (tertiary/aromatic N) is 2. The van der Waals surface area contributed by atoms with Crippen LogP contribution in [0.4, 0.5) is 0 Å². The predicted molar refractivity (Wildman–Crippen MR) is 119 cm³/mol. The van der Waals surface area contributed by atoms with Crippen LogP contribution in [0.25, 0.3) is 11.0 Å². The highest BCUT2D eigenvalue weighted by Gasteiger charge is 2.17. The summed E-state index contributed by atoms with van der Waals surface area (Å²) in [5.74, 6) is 1.50. The number of fused-ring (bicyclic) bond motifs is 1. The topological polar surface area (TPSA) is 56.2 Å². The lowest BCUT2D eigenvalue weighted by Crippen LogP contribution is -2.31. The summed E-state index contributed by atoms with van der Waals surface area (Å²) < 4.78 is 7.77. The van der Waals surface area contributed by atoms with Gasteiger partial charge in [0, 0.05) is 13.0 Å². The molecule has 5 nitrogen and oxygen atoms in total. The van der Waals surface area contributed by atoms with E-state index in [2.05, 4.69) is 47.1 Å². The van der Waals surface area contributed by atoms with E-state index >= 15 is 0 Å². The molecule has 1 amide bonds. The number of imidazole rings is 1. The van der Waals surface area contributed by atoms with Gasteiger partial charge >= 0.3 is 0 Å². The summed E-state index contributed by atoms with van der Waals surface area (Å²) in [4.78, 5) is 17.0. The monoisotopic (exact) mass is 399 g/mol. The maximum atomic E-state index is 12.2. The van der Waals surface area contributed by atoms with Crippen LogP contribution in [-0.2, 0) is 11.2 Å². The van der Waals surface area contributed by atoms with E-state index in [-0.39, 0.29) is 18.6 Å². The number of rotatable bonds is 8. The fraction of sp³-hybridized carbons (Fsp3) is 0.200. The van der Waals surface area contributed by atoms with E-state index in [4.69, 9.17) is 9.72 Å². The zero-order valence-corrected chi connectivity index (χ0v) is 17.0. The minimum atomic E-state index is -0.141. The molecule has 1 heterocycles. The Balaban J connectivity index is 1.44. The first-order valence-electron chi connectivity index (χ1n) is 10.2. The summed E-state index contributed by atoms with van der Waals surface area (Å²) in [7, 11) is 0. The second-order valence-corrected chi connectivity index (χ2v) is 7.18. The van der Waals surface area contributed by atoms with Crippen LogP contribution in [-0.4, -0.2) is 28.6 Å². The van der Waals surface area contributed by atoms with E-state index in [0.29, 0.717) is 18.7 Å². The zero-order valence-electron chi connectivity index (χ0n) is 17.0. The highest BCUT2D eigenvalue weighted by Crippen LogP contribution is 2.26. The van der Waals surface area contributed by atoms with Crippen LogP contribution in [0.15, 0.2) is 84.9 Å². The lowest BCUT2D eigenvalue weighted by molar-refractivity contribution is -0.123. The Morgan fingerprint density at radius 2 is 1.63 bits per heavy atom. The average molecular weight is 399 g/mol. The lowest BCUT2D eigenvalue weighted by atomic mass is 10.1. The number of carbonyl (C=O) groups excluding carboxylic acids is 1. The van der Waals surface area contributed by atoms with Crippen molar-refractivity contribution in [2.45, 2.75) is 19.4 Å². The Morgan fingerprint density at radius 3 is 2.40 bits per heavy atom. The number of amides is 1. The van der Waals surface area contributed by atoms with Crippen molar-refractivity contribution in [3.63, 3.8) is 0 Å². The van der Waals surface area contributed by atoms with Crippen LogP contribution in [0, 0.1) is 0 Å². The van der Waals surface area contributed by atoms with E-state index in [0.717, 1.165) is 16.9 Å². The number of nitrogens with one attached hydrogen (secondary N) is 1. The molecule has 0 bridgehead atoms. The van der Waals surface area contributed by atoms with Crippen molar-refractivity contribution >= 4 is 16.9 Å². The Hall–Kier alpha value is -3.60. The predicted octanol–water partition coefficient (Wildman–Crippen LogP) is 4.38. The summed E-state index contributed by atoms with van der Waals surface area (Å²) in [6, 6.07) is 28.0. The molecule has 152 valence electrons. The third-order valence-corrected chi connectivity index (χ3v) is 5.12. The third-order valence-electron chi connectivity index (χ3n) is 5.12. The highest BCUT2D eigenvalue weighted by molar-refractivity contribution is 5.78. The molecule has 1 aromatic heterocycles. The van der Waals surface area contributed by atoms with Crippen LogP contribution in [0.5, 0.6) is 5.75 Å². The number of carbonyl (C=O) groups is 1. The molecule has 4 aromatic rings. The maximum Gasteiger partial charge on any atom is 0.257 e. The molecule has 0 aliphatic carbocycles. The second-order valence-electron chi connectivity index (χ2n) is 7.18. The molecule has 1 N–H and O–H groups in total. The van der Waals surface area contributed by atoms with Gasteiger partial charge in [-0.2, -0.15) is 0 Å². The lowest BCUT2D eigenvalue weighted by Gasteiger charge is -2.18. The Bertz CT molecular complexity index is 1110. The van der Waals surface area contributed by atoms with E-state index in [1.165, 1.54) is 5.56 Å². The fourth-order valence-corrected chi connectivity index (χ4v) is 3.61. The standard InChI is InChI=1S/C25H25N3O2/c1-19(20-10-4-2-5-11-20)28-23-15-9-8-14-22(23)27-24(28)16-17-26-25(29)18-30-21-12-6-3-7-13-21/h2-15,19H,16-18H2,1H3,(H,26,29). The van der Waals surface area contributed by atoms with Gasteiger partial charge in [0.2, 0.25) is 0 Å². The fourth-order valence-electron chi connectivity index (χ4n) is 3.61. The van der Waals surface area contributed by atoms with Gasteiger partial charge in [-0.3, -0.25) is 4.79 Å². The summed E-state index contributed by atoms with van der Waals surface area (Å²) >= 11 is 0. The van der Waals surface area contributed by atoms with Crippen molar-refractivity contribution in [3.05, 3.63) is 96.3 Å². The summed E-state index contributed by atoms with van der Waals surface area (Å²) in [6.07, 6.45) is 0.642. The van der Waals surface area contributed by atoms with E-state index in [1.807, 2.05) is 54.6 Å². The number of hydrogen-bond acceptors (Lipinski definition) is 3. The first-order valence-corrected chi connectivity index (χ1v) is 10.2. The van der Waals surface area contributed by atoms with Crippen LogP contribution >= 0.6 is 0 Å². The summed E-state index contributed by atoms with van der Waals surface area (Å²) in [6.45, 7) is 2.68. The molecule has 0 saturated heterocycles. The molecule has 30 heavy (non-hydrogen) atoms. The molecule has 0 radical (unpaired) electrons. The first kappa shape index (κ1) is 19.7. The molecule has 5 heteroatoms. The van der Waals surface area contributed by atoms with Gasteiger partial charge in [0.15, 0.2) is 6.61 Å². The molecular weight excluding hydrogens is 374 g/mol. The van der Waals surface area contributed by atoms with Gasteiger partial charge in [-0.05, 0) is 36.8 Å². The van der Waals surface area contributed by atoms with Crippen molar-refractivity contribution in [1.82, 2.24) is 14.9 Å². The normalized spacial score (nSPS) is 11.9. The Labute approximate surface area is 176 Å².